The van der Waals surface area contributed by atoms with Crippen molar-refractivity contribution in [3.8, 4) is 0 Å². The average Bonchev–Trinajstić information content (AvgIpc) is 3.00. The first-order valence-electron chi connectivity index (χ1n) is 14.0. The summed E-state index contributed by atoms with van der Waals surface area (Å²) in [6.07, 6.45) is 16.9. The average molecular weight is 429 g/mol. The largest absolute Gasteiger partial charge is 0.389 e. The van der Waals surface area contributed by atoms with Crippen LogP contribution in [0.3, 0.4) is 0 Å². The van der Waals surface area contributed by atoms with E-state index in [0.717, 1.165) is 41.9 Å². The smallest absolute Gasteiger partial charge is 0.0724 e. The molecule has 0 amide bonds. The van der Waals surface area contributed by atoms with Crippen LogP contribution in [0.4, 0.5) is 0 Å². The summed E-state index contributed by atoms with van der Waals surface area (Å²) in [5.74, 6) is 5.26. The van der Waals surface area contributed by atoms with Crippen LogP contribution in [0.2, 0.25) is 0 Å². The molecule has 4 aliphatic carbocycles. The van der Waals surface area contributed by atoms with Gasteiger partial charge in [-0.05, 0) is 110 Å². The molecule has 0 radical (unpaired) electrons. The van der Waals surface area contributed by atoms with Crippen molar-refractivity contribution in [1.82, 2.24) is 0 Å². The van der Waals surface area contributed by atoms with E-state index in [1.165, 1.54) is 64.2 Å². The molecule has 31 heavy (non-hydrogen) atoms. The van der Waals surface area contributed by atoms with Gasteiger partial charge in [0.15, 0.2) is 0 Å². The van der Waals surface area contributed by atoms with Gasteiger partial charge in [0.25, 0.3) is 0 Å². The van der Waals surface area contributed by atoms with Gasteiger partial charge < -0.3 is 5.11 Å². The van der Waals surface area contributed by atoms with Gasteiger partial charge in [-0.1, -0.05) is 73.0 Å². The van der Waals surface area contributed by atoms with E-state index in [-0.39, 0.29) is 6.10 Å². The molecule has 1 N–H and O–H groups in total. The summed E-state index contributed by atoms with van der Waals surface area (Å²) in [6, 6.07) is 0. The van der Waals surface area contributed by atoms with Crippen molar-refractivity contribution >= 4 is 0 Å². The topological polar surface area (TPSA) is 20.2 Å². The molecular formula is C30H52O. The molecule has 0 bridgehead atoms. The van der Waals surface area contributed by atoms with E-state index in [2.05, 4.69) is 54.5 Å². The molecule has 0 saturated heterocycles. The second-order valence-electron chi connectivity index (χ2n) is 13.5. The number of hydrogen-bond acceptors (Lipinski definition) is 1. The Morgan fingerprint density at radius 2 is 1.61 bits per heavy atom. The summed E-state index contributed by atoms with van der Waals surface area (Å²) in [4.78, 5) is 0. The summed E-state index contributed by atoms with van der Waals surface area (Å²) in [5.41, 5.74) is 3.02. The molecule has 0 aromatic carbocycles. The van der Waals surface area contributed by atoms with Gasteiger partial charge in [-0.3, -0.25) is 0 Å². The second kappa shape index (κ2) is 8.48. The third-order valence-electron chi connectivity index (χ3n) is 12.2. The van der Waals surface area contributed by atoms with E-state index in [0.29, 0.717) is 16.2 Å². The van der Waals surface area contributed by atoms with Crippen LogP contribution >= 0.6 is 0 Å². The van der Waals surface area contributed by atoms with Gasteiger partial charge in [0.05, 0.1) is 6.10 Å². The van der Waals surface area contributed by atoms with Crippen molar-refractivity contribution in [2.24, 2.45) is 51.8 Å². The van der Waals surface area contributed by atoms with Gasteiger partial charge in [-0.15, -0.1) is 0 Å². The number of aliphatic hydroxyl groups excluding tert-OH is 1. The van der Waals surface area contributed by atoms with E-state index in [4.69, 9.17) is 0 Å². The fraction of sp³-hybridized carbons (Fsp3) is 0.933. The van der Waals surface area contributed by atoms with Gasteiger partial charge in [0, 0.05) is 0 Å². The predicted molar refractivity (Wildman–Crippen MR) is 133 cm³/mol. The van der Waals surface area contributed by atoms with Crippen molar-refractivity contribution in [1.29, 1.82) is 0 Å². The standard InChI is InChI=1S/C30H52O/c1-8-22(20(2)3)10-9-21(4)25-14-17-30(7)27-12-11-23-19-24(31)13-16-28(23,5)26(27)15-18-29(25,30)6/h19-22,24-27,31H,8-18H2,1-7H3. The summed E-state index contributed by atoms with van der Waals surface area (Å²) >= 11 is 0. The molecule has 0 heterocycles. The van der Waals surface area contributed by atoms with E-state index >= 15 is 0 Å². The molecule has 178 valence electrons. The Balaban J connectivity index is 1.53. The highest BCUT2D eigenvalue weighted by molar-refractivity contribution is 5.26. The van der Waals surface area contributed by atoms with Gasteiger partial charge in [-0.2, -0.15) is 0 Å². The molecule has 0 spiro atoms. The fourth-order valence-corrected chi connectivity index (χ4v) is 9.76. The lowest BCUT2D eigenvalue weighted by atomic mass is 9.41. The first-order chi connectivity index (χ1) is 14.6. The lowest BCUT2D eigenvalue weighted by Gasteiger charge is -2.63. The summed E-state index contributed by atoms with van der Waals surface area (Å²) in [5, 5.41) is 10.3. The zero-order valence-electron chi connectivity index (χ0n) is 21.8. The van der Waals surface area contributed by atoms with Crippen molar-refractivity contribution in [2.75, 3.05) is 0 Å². The fourth-order valence-electron chi connectivity index (χ4n) is 9.76. The maximum atomic E-state index is 10.3. The summed E-state index contributed by atoms with van der Waals surface area (Å²) in [7, 11) is 0. The predicted octanol–water partition coefficient (Wildman–Crippen LogP) is 8.41. The number of rotatable bonds is 6. The zero-order chi connectivity index (χ0) is 22.6. The minimum Gasteiger partial charge on any atom is -0.389 e. The Hall–Kier alpha value is -0.300. The Kier molecular flexibility index (Phi) is 6.53. The number of fused-ring (bicyclic) bond motifs is 5. The number of hydrogen-bond donors (Lipinski definition) is 1. The Bertz CT molecular complexity index is 678. The summed E-state index contributed by atoms with van der Waals surface area (Å²) in [6.45, 7) is 17.8. The molecule has 9 unspecified atom stereocenters. The lowest BCUT2D eigenvalue weighted by molar-refractivity contribution is -0.120. The highest BCUT2D eigenvalue weighted by Gasteiger charge is 2.65. The van der Waals surface area contributed by atoms with Crippen LogP contribution in [0.5, 0.6) is 0 Å². The normalized spacial score (nSPS) is 46.7. The summed E-state index contributed by atoms with van der Waals surface area (Å²) < 4.78 is 0. The molecule has 1 nitrogen and oxygen atoms in total. The Morgan fingerprint density at radius 3 is 2.29 bits per heavy atom. The molecule has 9 atom stereocenters. The number of aliphatic hydroxyl groups is 1. The maximum absolute atomic E-state index is 10.3. The van der Waals surface area contributed by atoms with Crippen LogP contribution in [0.25, 0.3) is 0 Å². The highest BCUT2D eigenvalue weighted by atomic mass is 16.3. The molecule has 3 fully saturated rings. The van der Waals surface area contributed by atoms with Gasteiger partial charge in [0.2, 0.25) is 0 Å². The molecule has 1 heteroatoms. The third-order valence-corrected chi connectivity index (χ3v) is 12.2. The minimum atomic E-state index is -0.182. The third kappa shape index (κ3) is 3.68. The molecule has 0 aromatic rings. The van der Waals surface area contributed by atoms with Crippen molar-refractivity contribution in [2.45, 2.75) is 125 Å². The quantitative estimate of drug-likeness (QED) is 0.421. The van der Waals surface area contributed by atoms with Gasteiger partial charge in [0.1, 0.15) is 0 Å². The molecule has 3 saturated carbocycles. The van der Waals surface area contributed by atoms with Crippen LogP contribution < -0.4 is 0 Å². The zero-order valence-corrected chi connectivity index (χ0v) is 21.8. The Labute approximate surface area is 193 Å². The Morgan fingerprint density at radius 1 is 0.903 bits per heavy atom. The van der Waals surface area contributed by atoms with E-state index in [1.807, 2.05) is 0 Å². The lowest BCUT2D eigenvalue weighted by Crippen LogP contribution is -2.56. The first kappa shape index (κ1) is 23.8. The SMILES string of the molecule is CCC(CCC(C)C1CCC2(C)C3CCC4=CC(O)CCC4(C)C3CCC12C)C(C)C. The van der Waals surface area contributed by atoms with Crippen LogP contribution in [0, 0.1) is 51.8 Å². The van der Waals surface area contributed by atoms with Crippen LogP contribution in [-0.4, -0.2) is 11.2 Å². The van der Waals surface area contributed by atoms with Crippen molar-refractivity contribution in [3.63, 3.8) is 0 Å². The molecule has 4 rings (SSSR count). The monoisotopic (exact) mass is 428 g/mol. The van der Waals surface area contributed by atoms with E-state index < -0.39 is 0 Å². The van der Waals surface area contributed by atoms with Crippen LogP contribution in [-0.2, 0) is 0 Å². The number of allylic oxidation sites excluding steroid dienone is 1. The minimum absolute atomic E-state index is 0.182. The maximum Gasteiger partial charge on any atom is 0.0724 e. The molecule has 0 aromatic heterocycles. The molecule has 4 aliphatic rings. The van der Waals surface area contributed by atoms with E-state index in [9.17, 15) is 5.11 Å². The molecule has 0 aliphatic heterocycles. The molecular weight excluding hydrogens is 376 g/mol. The van der Waals surface area contributed by atoms with E-state index in [1.54, 1.807) is 5.57 Å². The second-order valence-corrected chi connectivity index (χ2v) is 13.5. The van der Waals surface area contributed by atoms with Crippen molar-refractivity contribution in [3.05, 3.63) is 11.6 Å². The van der Waals surface area contributed by atoms with Gasteiger partial charge in [-0.25, -0.2) is 0 Å². The van der Waals surface area contributed by atoms with Crippen LogP contribution in [0.1, 0.15) is 119 Å². The first-order valence-corrected chi connectivity index (χ1v) is 14.0. The van der Waals surface area contributed by atoms with Crippen molar-refractivity contribution < 1.29 is 5.11 Å². The van der Waals surface area contributed by atoms with Crippen LogP contribution in [0.15, 0.2) is 11.6 Å². The van der Waals surface area contributed by atoms with Gasteiger partial charge >= 0.3 is 0 Å². The highest BCUT2D eigenvalue weighted by Crippen LogP contribution is 2.73.